The Balaban J connectivity index is 1.97. The molecule has 4 rings (SSSR count). The van der Waals surface area contributed by atoms with Crippen LogP contribution in [0, 0.1) is 6.92 Å². The first kappa shape index (κ1) is 17.5. The van der Waals surface area contributed by atoms with Crippen LogP contribution in [0.3, 0.4) is 0 Å². The number of rotatable bonds is 4. The Morgan fingerprint density at radius 1 is 0.964 bits per heavy atom. The van der Waals surface area contributed by atoms with E-state index in [1.54, 1.807) is 23.7 Å². The third-order valence-corrected chi connectivity index (χ3v) is 4.29. The summed E-state index contributed by atoms with van der Waals surface area (Å²) in [5.41, 5.74) is 1.87. The van der Waals surface area contributed by atoms with Gasteiger partial charge in [0.15, 0.2) is 5.76 Å². The molecule has 0 fully saturated rings. The molecule has 2 aromatic heterocycles. The Labute approximate surface area is 161 Å². The molecule has 2 heterocycles. The van der Waals surface area contributed by atoms with Gasteiger partial charge in [-0.15, -0.1) is 0 Å². The van der Waals surface area contributed by atoms with Crippen molar-refractivity contribution in [3.8, 4) is 16.8 Å². The number of para-hydroxylation sites is 1. The first-order valence-electron chi connectivity index (χ1n) is 8.75. The van der Waals surface area contributed by atoms with Gasteiger partial charge in [0.1, 0.15) is 11.5 Å². The van der Waals surface area contributed by atoms with Crippen LogP contribution in [0.15, 0.2) is 88.3 Å². The molecule has 0 saturated heterocycles. The van der Waals surface area contributed by atoms with Gasteiger partial charge < -0.3 is 9.73 Å². The fourth-order valence-electron chi connectivity index (χ4n) is 2.96. The van der Waals surface area contributed by atoms with Gasteiger partial charge in [-0.05, 0) is 36.8 Å². The van der Waals surface area contributed by atoms with Crippen LogP contribution in [0.1, 0.15) is 16.2 Å². The second-order valence-corrected chi connectivity index (χ2v) is 6.18. The van der Waals surface area contributed by atoms with Crippen molar-refractivity contribution in [3.63, 3.8) is 0 Å². The molecule has 0 saturated carbocycles. The van der Waals surface area contributed by atoms with E-state index in [0.717, 1.165) is 5.69 Å². The summed E-state index contributed by atoms with van der Waals surface area (Å²) in [6.07, 6.45) is 1.42. The van der Waals surface area contributed by atoms with Crippen LogP contribution in [0.25, 0.3) is 16.8 Å². The SMILES string of the molecule is Cc1nn(-c2ccccc2)c(NC(=O)c2ccco2)c(-c2ccccc2)c1=O. The van der Waals surface area contributed by atoms with Gasteiger partial charge in [0, 0.05) is 0 Å². The molecule has 0 unspecified atom stereocenters. The number of anilines is 1. The largest absolute Gasteiger partial charge is 0.459 e. The van der Waals surface area contributed by atoms with Crippen molar-refractivity contribution in [3.05, 3.63) is 101 Å². The first-order chi connectivity index (χ1) is 13.6. The van der Waals surface area contributed by atoms with Crippen LogP contribution in [-0.4, -0.2) is 15.7 Å². The van der Waals surface area contributed by atoms with E-state index in [1.165, 1.54) is 6.26 Å². The average molecular weight is 371 g/mol. The number of hydrogen-bond donors (Lipinski definition) is 1. The minimum Gasteiger partial charge on any atom is -0.459 e. The van der Waals surface area contributed by atoms with Gasteiger partial charge in [-0.25, -0.2) is 4.68 Å². The highest BCUT2D eigenvalue weighted by Gasteiger charge is 2.21. The second kappa shape index (κ2) is 7.36. The van der Waals surface area contributed by atoms with Gasteiger partial charge in [0.25, 0.3) is 5.91 Å². The number of carbonyl (C=O) groups excluding carboxylic acids is 1. The lowest BCUT2D eigenvalue weighted by molar-refractivity contribution is 0.0996. The van der Waals surface area contributed by atoms with Crippen molar-refractivity contribution in [1.29, 1.82) is 0 Å². The Bertz CT molecular complexity index is 1170. The van der Waals surface area contributed by atoms with Crippen molar-refractivity contribution in [2.45, 2.75) is 6.92 Å². The number of nitrogens with zero attached hydrogens (tertiary/aromatic N) is 2. The summed E-state index contributed by atoms with van der Waals surface area (Å²) >= 11 is 0. The van der Waals surface area contributed by atoms with E-state index >= 15 is 0 Å². The van der Waals surface area contributed by atoms with Gasteiger partial charge >= 0.3 is 0 Å². The molecule has 1 N–H and O–H groups in total. The predicted octanol–water partition coefficient (Wildman–Crippen LogP) is 4.05. The topological polar surface area (TPSA) is 77.1 Å². The first-order valence-corrected chi connectivity index (χ1v) is 8.75. The fourth-order valence-corrected chi connectivity index (χ4v) is 2.96. The highest BCUT2D eigenvalue weighted by molar-refractivity contribution is 6.04. The molecule has 0 aliphatic rings. The highest BCUT2D eigenvalue weighted by atomic mass is 16.3. The molecule has 0 aliphatic heterocycles. The molecule has 0 bridgehead atoms. The second-order valence-electron chi connectivity index (χ2n) is 6.18. The van der Waals surface area contributed by atoms with E-state index in [-0.39, 0.29) is 17.0 Å². The standard InChI is InChI=1S/C22H17N3O3/c1-15-20(26)19(16-9-4-2-5-10-16)21(23-22(27)18-13-8-14-28-18)25(24-15)17-11-6-3-7-12-17/h2-14H,1H3,(H,23,27). The molecular weight excluding hydrogens is 354 g/mol. The van der Waals surface area contributed by atoms with E-state index in [1.807, 2.05) is 60.7 Å². The van der Waals surface area contributed by atoms with Crippen LogP contribution in [0.5, 0.6) is 0 Å². The van der Waals surface area contributed by atoms with E-state index in [4.69, 9.17) is 4.42 Å². The molecule has 6 heteroatoms. The molecular formula is C22H17N3O3. The number of nitrogens with one attached hydrogen (secondary N) is 1. The van der Waals surface area contributed by atoms with Gasteiger partial charge in [-0.2, -0.15) is 5.10 Å². The minimum absolute atomic E-state index is 0.145. The Morgan fingerprint density at radius 2 is 1.64 bits per heavy atom. The summed E-state index contributed by atoms with van der Waals surface area (Å²) in [5.74, 6) is -0.0297. The number of carbonyl (C=O) groups is 1. The third-order valence-electron chi connectivity index (χ3n) is 4.29. The number of amides is 1. The van der Waals surface area contributed by atoms with Crippen LogP contribution >= 0.6 is 0 Å². The monoisotopic (exact) mass is 371 g/mol. The highest BCUT2D eigenvalue weighted by Crippen LogP contribution is 2.27. The van der Waals surface area contributed by atoms with Crippen molar-refractivity contribution in [2.75, 3.05) is 5.32 Å². The number of furan rings is 1. The Kier molecular flexibility index (Phi) is 4.60. The van der Waals surface area contributed by atoms with E-state index < -0.39 is 5.91 Å². The maximum atomic E-state index is 13.0. The molecule has 1 amide bonds. The summed E-state index contributed by atoms with van der Waals surface area (Å²) in [6, 6.07) is 21.7. The zero-order chi connectivity index (χ0) is 19.5. The smallest absolute Gasteiger partial charge is 0.292 e. The molecule has 0 aliphatic carbocycles. The number of hydrogen-bond acceptors (Lipinski definition) is 4. The van der Waals surface area contributed by atoms with Crippen molar-refractivity contribution in [2.24, 2.45) is 0 Å². The fraction of sp³-hybridized carbons (Fsp3) is 0.0455. The third kappa shape index (κ3) is 3.23. The summed E-state index contributed by atoms with van der Waals surface area (Å²) in [4.78, 5) is 25.7. The molecule has 6 nitrogen and oxygen atoms in total. The molecule has 138 valence electrons. The summed E-state index contributed by atoms with van der Waals surface area (Å²) < 4.78 is 6.76. The van der Waals surface area contributed by atoms with Crippen molar-refractivity contribution in [1.82, 2.24) is 9.78 Å². The van der Waals surface area contributed by atoms with Gasteiger partial charge in [0.05, 0.1) is 17.5 Å². The summed E-state index contributed by atoms with van der Waals surface area (Å²) in [7, 11) is 0. The lowest BCUT2D eigenvalue weighted by atomic mass is 10.1. The maximum absolute atomic E-state index is 13.0. The normalized spacial score (nSPS) is 10.6. The molecule has 4 aromatic rings. The lowest BCUT2D eigenvalue weighted by Gasteiger charge is -2.18. The quantitative estimate of drug-likeness (QED) is 0.587. The lowest BCUT2D eigenvalue weighted by Crippen LogP contribution is -2.24. The number of benzene rings is 2. The maximum Gasteiger partial charge on any atom is 0.292 e. The Morgan fingerprint density at radius 3 is 2.29 bits per heavy atom. The number of aromatic nitrogens is 2. The molecule has 28 heavy (non-hydrogen) atoms. The van der Waals surface area contributed by atoms with Crippen LogP contribution in [0.4, 0.5) is 5.82 Å². The van der Waals surface area contributed by atoms with E-state index in [9.17, 15) is 9.59 Å². The van der Waals surface area contributed by atoms with Crippen LogP contribution in [0.2, 0.25) is 0 Å². The minimum atomic E-state index is -0.461. The molecule has 0 spiro atoms. The van der Waals surface area contributed by atoms with Crippen molar-refractivity contribution >= 4 is 11.7 Å². The molecule has 2 aromatic carbocycles. The van der Waals surface area contributed by atoms with Gasteiger partial charge in [-0.3, -0.25) is 9.59 Å². The van der Waals surface area contributed by atoms with Crippen LogP contribution in [-0.2, 0) is 0 Å². The number of aryl methyl sites for hydroxylation is 1. The van der Waals surface area contributed by atoms with Gasteiger partial charge in [0.2, 0.25) is 5.43 Å². The zero-order valence-electron chi connectivity index (χ0n) is 15.1. The van der Waals surface area contributed by atoms with E-state index in [0.29, 0.717) is 16.8 Å². The summed E-state index contributed by atoms with van der Waals surface area (Å²) in [6.45, 7) is 1.66. The molecule has 0 radical (unpaired) electrons. The van der Waals surface area contributed by atoms with Crippen LogP contribution < -0.4 is 10.7 Å². The molecule has 0 atom stereocenters. The van der Waals surface area contributed by atoms with Gasteiger partial charge in [-0.1, -0.05) is 48.5 Å². The summed E-state index contributed by atoms with van der Waals surface area (Å²) in [5, 5.41) is 7.24. The van der Waals surface area contributed by atoms with E-state index in [2.05, 4.69) is 10.4 Å². The average Bonchev–Trinajstić information content (AvgIpc) is 3.27. The zero-order valence-corrected chi connectivity index (χ0v) is 15.1. The van der Waals surface area contributed by atoms with Crippen molar-refractivity contribution < 1.29 is 9.21 Å². The Hall–Kier alpha value is -3.93. The predicted molar refractivity (Wildman–Crippen MR) is 107 cm³/mol.